The fourth-order valence-corrected chi connectivity index (χ4v) is 1.49. The summed E-state index contributed by atoms with van der Waals surface area (Å²) in [5, 5.41) is 9.44. The number of hydrogen-bond acceptors (Lipinski definition) is 3. The van der Waals surface area contributed by atoms with Crippen LogP contribution in [0.5, 0.6) is 0 Å². The summed E-state index contributed by atoms with van der Waals surface area (Å²) in [4.78, 5) is 0. The topological polar surface area (TPSA) is 72.3 Å². The predicted octanol–water partition coefficient (Wildman–Crippen LogP) is 0.438. The molecule has 5 N–H and O–H groups in total. The third-order valence-electron chi connectivity index (χ3n) is 2.64. The van der Waals surface area contributed by atoms with E-state index in [9.17, 15) is 5.11 Å². The second-order valence-electron chi connectivity index (χ2n) is 3.84. The van der Waals surface area contributed by atoms with Gasteiger partial charge in [0.05, 0.1) is 6.10 Å². The molecule has 0 spiro atoms. The highest BCUT2D eigenvalue weighted by Gasteiger charge is 2.12. The zero-order chi connectivity index (χ0) is 11.3. The first-order valence-corrected chi connectivity index (χ1v) is 5.39. The van der Waals surface area contributed by atoms with Gasteiger partial charge in [0.1, 0.15) is 0 Å². The van der Waals surface area contributed by atoms with Gasteiger partial charge in [0, 0.05) is 12.6 Å². The lowest BCUT2D eigenvalue weighted by Gasteiger charge is -2.17. The Labute approximate surface area is 91.1 Å². The molecule has 0 aromatic heterocycles. The van der Waals surface area contributed by atoms with Gasteiger partial charge in [0.15, 0.2) is 0 Å². The molecule has 0 saturated heterocycles. The van der Waals surface area contributed by atoms with E-state index in [0.29, 0.717) is 6.42 Å². The minimum Gasteiger partial charge on any atom is -0.390 e. The quantitative estimate of drug-likeness (QED) is 0.657. The van der Waals surface area contributed by atoms with Crippen LogP contribution in [-0.2, 0) is 12.8 Å². The van der Waals surface area contributed by atoms with Crippen molar-refractivity contribution in [3.63, 3.8) is 0 Å². The Morgan fingerprint density at radius 3 is 2.20 bits per heavy atom. The Bertz CT molecular complexity index is 284. The van der Waals surface area contributed by atoms with Gasteiger partial charge in [-0.15, -0.1) is 0 Å². The average Bonchev–Trinajstić information content (AvgIpc) is 2.29. The van der Waals surface area contributed by atoms with Gasteiger partial charge in [-0.25, -0.2) is 0 Å². The summed E-state index contributed by atoms with van der Waals surface area (Å²) < 4.78 is 0. The highest BCUT2D eigenvalue weighted by Crippen LogP contribution is 2.08. The lowest BCUT2D eigenvalue weighted by Crippen LogP contribution is -2.41. The number of aliphatic hydroxyl groups excluding tert-OH is 1. The van der Waals surface area contributed by atoms with Crippen LogP contribution in [0.25, 0.3) is 0 Å². The first-order chi connectivity index (χ1) is 7.17. The van der Waals surface area contributed by atoms with Crippen LogP contribution in [0.2, 0.25) is 0 Å². The highest BCUT2D eigenvalue weighted by atomic mass is 16.3. The first-order valence-electron chi connectivity index (χ1n) is 5.39. The summed E-state index contributed by atoms with van der Waals surface area (Å²) in [5.41, 5.74) is 13.6. The van der Waals surface area contributed by atoms with Crippen molar-refractivity contribution in [1.82, 2.24) is 0 Å². The molecule has 1 aromatic carbocycles. The van der Waals surface area contributed by atoms with Crippen LogP contribution in [0.4, 0.5) is 0 Å². The van der Waals surface area contributed by atoms with E-state index in [0.717, 1.165) is 12.0 Å². The predicted molar refractivity (Wildman–Crippen MR) is 62.6 cm³/mol. The van der Waals surface area contributed by atoms with E-state index in [1.807, 2.05) is 0 Å². The summed E-state index contributed by atoms with van der Waals surface area (Å²) >= 11 is 0. The average molecular weight is 208 g/mol. The molecule has 0 bridgehead atoms. The van der Waals surface area contributed by atoms with Gasteiger partial charge in [0.2, 0.25) is 0 Å². The van der Waals surface area contributed by atoms with Crippen molar-refractivity contribution in [3.8, 4) is 0 Å². The van der Waals surface area contributed by atoms with E-state index in [1.54, 1.807) is 0 Å². The van der Waals surface area contributed by atoms with E-state index < -0.39 is 6.10 Å². The molecule has 0 aliphatic rings. The van der Waals surface area contributed by atoms with Gasteiger partial charge >= 0.3 is 0 Å². The monoisotopic (exact) mass is 208 g/mol. The van der Waals surface area contributed by atoms with Crippen LogP contribution >= 0.6 is 0 Å². The molecule has 0 aliphatic carbocycles. The van der Waals surface area contributed by atoms with Crippen LogP contribution in [0.3, 0.4) is 0 Å². The van der Waals surface area contributed by atoms with Crippen LogP contribution in [0, 0.1) is 0 Å². The number of benzene rings is 1. The second-order valence-corrected chi connectivity index (χ2v) is 3.84. The molecule has 3 nitrogen and oxygen atoms in total. The molecule has 1 aromatic rings. The minimum atomic E-state index is -0.615. The normalized spacial score (nSPS) is 14.9. The molecule has 0 amide bonds. The molecule has 0 saturated carbocycles. The number of aliphatic hydroxyl groups is 1. The Morgan fingerprint density at radius 2 is 1.73 bits per heavy atom. The zero-order valence-electron chi connectivity index (χ0n) is 9.19. The molecule has 2 atom stereocenters. The Balaban J connectivity index is 2.57. The molecule has 1 unspecified atom stereocenters. The van der Waals surface area contributed by atoms with Crippen molar-refractivity contribution < 1.29 is 5.11 Å². The number of aryl methyl sites for hydroxylation is 1. The SMILES string of the molecule is CCc1ccc(CC(N)[C@@H](O)CN)cc1. The van der Waals surface area contributed by atoms with Gasteiger partial charge in [0.25, 0.3) is 0 Å². The molecular weight excluding hydrogens is 188 g/mol. The fraction of sp³-hybridized carbons (Fsp3) is 0.500. The molecule has 0 fully saturated rings. The van der Waals surface area contributed by atoms with E-state index in [4.69, 9.17) is 11.5 Å². The lowest BCUT2D eigenvalue weighted by atomic mass is 10.0. The van der Waals surface area contributed by atoms with Crippen LogP contribution < -0.4 is 11.5 Å². The summed E-state index contributed by atoms with van der Waals surface area (Å²) in [6.07, 6.45) is 1.09. The third-order valence-corrected chi connectivity index (χ3v) is 2.64. The summed E-state index contributed by atoms with van der Waals surface area (Å²) in [6.45, 7) is 2.34. The molecule has 0 aliphatic heterocycles. The minimum absolute atomic E-state index is 0.216. The maximum Gasteiger partial charge on any atom is 0.0816 e. The van der Waals surface area contributed by atoms with Crippen molar-refractivity contribution in [1.29, 1.82) is 0 Å². The van der Waals surface area contributed by atoms with E-state index in [-0.39, 0.29) is 12.6 Å². The van der Waals surface area contributed by atoms with E-state index in [2.05, 4.69) is 31.2 Å². The summed E-state index contributed by atoms with van der Waals surface area (Å²) in [5.74, 6) is 0. The van der Waals surface area contributed by atoms with Gasteiger partial charge < -0.3 is 16.6 Å². The molecular formula is C12H20N2O. The molecule has 3 heteroatoms. The number of nitrogens with two attached hydrogens (primary N) is 2. The molecule has 1 rings (SSSR count). The van der Waals surface area contributed by atoms with Crippen LogP contribution in [0.15, 0.2) is 24.3 Å². The van der Waals surface area contributed by atoms with Crippen molar-refractivity contribution in [3.05, 3.63) is 35.4 Å². The van der Waals surface area contributed by atoms with Gasteiger partial charge in [-0.1, -0.05) is 31.2 Å². The highest BCUT2D eigenvalue weighted by molar-refractivity contribution is 5.23. The summed E-state index contributed by atoms with van der Waals surface area (Å²) in [7, 11) is 0. The standard InChI is InChI=1S/C12H20N2O/c1-2-9-3-5-10(6-4-9)7-11(14)12(15)8-13/h3-6,11-12,15H,2,7-8,13-14H2,1H3/t11?,12-/m0/s1. The second kappa shape index (κ2) is 5.85. The Kier molecular flexibility index (Phi) is 4.75. The molecule has 15 heavy (non-hydrogen) atoms. The van der Waals surface area contributed by atoms with Crippen molar-refractivity contribution in [2.75, 3.05) is 6.54 Å². The Morgan fingerprint density at radius 1 is 1.20 bits per heavy atom. The molecule has 0 radical (unpaired) electrons. The lowest BCUT2D eigenvalue weighted by molar-refractivity contribution is 0.152. The van der Waals surface area contributed by atoms with Crippen molar-refractivity contribution in [2.24, 2.45) is 11.5 Å². The zero-order valence-corrected chi connectivity index (χ0v) is 9.19. The number of rotatable bonds is 5. The maximum atomic E-state index is 9.44. The summed E-state index contributed by atoms with van der Waals surface area (Å²) in [6, 6.07) is 8.03. The van der Waals surface area contributed by atoms with E-state index in [1.165, 1.54) is 5.56 Å². The van der Waals surface area contributed by atoms with Crippen LogP contribution in [-0.4, -0.2) is 23.8 Å². The Hall–Kier alpha value is -0.900. The van der Waals surface area contributed by atoms with Crippen LogP contribution in [0.1, 0.15) is 18.1 Å². The molecule has 84 valence electrons. The van der Waals surface area contributed by atoms with Crippen molar-refractivity contribution in [2.45, 2.75) is 31.9 Å². The molecule has 0 heterocycles. The van der Waals surface area contributed by atoms with Crippen molar-refractivity contribution >= 4 is 0 Å². The van der Waals surface area contributed by atoms with Gasteiger partial charge in [-0.2, -0.15) is 0 Å². The van der Waals surface area contributed by atoms with Gasteiger partial charge in [-0.3, -0.25) is 0 Å². The maximum absolute atomic E-state index is 9.44. The largest absolute Gasteiger partial charge is 0.390 e. The number of hydrogen-bond donors (Lipinski definition) is 3. The van der Waals surface area contributed by atoms with Gasteiger partial charge in [-0.05, 0) is 24.0 Å². The fourth-order valence-electron chi connectivity index (χ4n) is 1.49. The smallest absolute Gasteiger partial charge is 0.0816 e. The van der Waals surface area contributed by atoms with E-state index >= 15 is 0 Å². The first kappa shape index (κ1) is 12.2. The third kappa shape index (κ3) is 3.63.